The second-order valence-electron chi connectivity index (χ2n) is 6.33. The summed E-state index contributed by atoms with van der Waals surface area (Å²) in [5.74, 6) is 0.403. The van der Waals surface area contributed by atoms with Crippen molar-refractivity contribution in [1.29, 1.82) is 0 Å². The van der Waals surface area contributed by atoms with E-state index in [4.69, 9.17) is 0 Å². The van der Waals surface area contributed by atoms with Crippen LogP contribution in [0.4, 0.5) is 0 Å². The van der Waals surface area contributed by atoms with Gasteiger partial charge in [-0.15, -0.1) is 0 Å². The second-order valence-corrected chi connectivity index (χ2v) is 8.35. The molecule has 128 valence electrons. The average Bonchev–Trinajstić information content (AvgIpc) is 2.95. The van der Waals surface area contributed by atoms with Gasteiger partial charge < -0.3 is 0 Å². The number of nitrogens with zero attached hydrogens (tertiary/aromatic N) is 5. The Morgan fingerprint density at radius 3 is 2.48 bits per heavy atom. The average molecular weight is 339 g/mol. The van der Waals surface area contributed by atoms with Gasteiger partial charge in [-0.25, -0.2) is 8.42 Å². The van der Waals surface area contributed by atoms with E-state index in [0.717, 1.165) is 11.3 Å². The highest BCUT2D eigenvalue weighted by molar-refractivity contribution is 7.89. The van der Waals surface area contributed by atoms with Crippen LogP contribution < -0.4 is 0 Å². The number of aryl methyl sites for hydroxylation is 2. The Labute approximate surface area is 138 Å². The maximum atomic E-state index is 12.8. The zero-order valence-electron chi connectivity index (χ0n) is 14.6. The molecule has 0 spiro atoms. The van der Waals surface area contributed by atoms with Crippen molar-refractivity contribution in [3.05, 3.63) is 29.3 Å². The molecule has 0 radical (unpaired) electrons. The van der Waals surface area contributed by atoms with Gasteiger partial charge in [-0.2, -0.15) is 14.5 Å². The van der Waals surface area contributed by atoms with Crippen LogP contribution in [0.5, 0.6) is 0 Å². The van der Waals surface area contributed by atoms with E-state index in [9.17, 15) is 8.42 Å². The van der Waals surface area contributed by atoms with Crippen molar-refractivity contribution in [1.82, 2.24) is 23.9 Å². The second kappa shape index (κ2) is 6.45. The minimum Gasteiger partial charge on any atom is -0.273 e. The van der Waals surface area contributed by atoms with Gasteiger partial charge in [0, 0.05) is 44.6 Å². The van der Waals surface area contributed by atoms with E-state index in [2.05, 4.69) is 24.0 Å². The minimum atomic E-state index is -3.58. The number of aromatic nitrogens is 4. The number of sulfonamides is 1. The highest BCUT2D eigenvalue weighted by atomic mass is 32.2. The molecule has 0 fully saturated rings. The fourth-order valence-corrected chi connectivity index (χ4v) is 3.73. The van der Waals surface area contributed by atoms with E-state index in [1.54, 1.807) is 35.7 Å². The molecule has 0 aliphatic heterocycles. The van der Waals surface area contributed by atoms with Gasteiger partial charge in [0.1, 0.15) is 4.90 Å². The Morgan fingerprint density at radius 2 is 1.96 bits per heavy atom. The van der Waals surface area contributed by atoms with Crippen LogP contribution in [0.2, 0.25) is 0 Å². The maximum Gasteiger partial charge on any atom is 0.246 e. The lowest BCUT2D eigenvalue weighted by Crippen LogP contribution is -2.27. The summed E-state index contributed by atoms with van der Waals surface area (Å²) >= 11 is 0. The molecule has 8 heteroatoms. The first kappa shape index (κ1) is 17.7. The Bertz CT molecular complexity index is 789. The Hall–Kier alpha value is -1.67. The zero-order valence-corrected chi connectivity index (χ0v) is 15.4. The predicted octanol–water partition coefficient (Wildman–Crippen LogP) is 1.71. The molecule has 0 bridgehead atoms. The van der Waals surface area contributed by atoms with Crippen LogP contribution >= 0.6 is 0 Å². The SMILES string of the molecule is Cc1nn(CC(C)C)cc1S(=O)(=O)N(C)Cc1cnn(C)c1C. The lowest BCUT2D eigenvalue weighted by Gasteiger charge is -2.16. The van der Waals surface area contributed by atoms with Gasteiger partial charge in [-0.05, 0) is 19.8 Å². The lowest BCUT2D eigenvalue weighted by atomic mass is 10.2. The molecule has 2 aromatic heterocycles. The molecule has 2 heterocycles. The summed E-state index contributed by atoms with van der Waals surface area (Å²) in [5, 5.41) is 8.48. The molecule has 0 aliphatic carbocycles. The Kier molecular flexibility index (Phi) is 4.95. The maximum absolute atomic E-state index is 12.8. The van der Waals surface area contributed by atoms with Crippen molar-refractivity contribution >= 4 is 10.0 Å². The largest absolute Gasteiger partial charge is 0.273 e. The summed E-state index contributed by atoms with van der Waals surface area (Å²) < 4.78 is 30.4. The molecule has 0 aromatic carbocycles. The standard InChI is InChI=1S/C15H25N5O2S/c1-11(2)8-20-10-15(12(3)17-20)23(21,22)18(5)9-14-7-16-19(6)13(14)4/h7,10-11H,8-9H2,1-6H3. The first-order chi connectivity index (χ1) is 10.6. The molecule has 2 aromatic rings. The third-order valence-electron chi connectivity index (χ3n) is 3.87. The van der Waals surface area contributed by atoms with Crippen LogP contribution in [0.1, 0.15) is 30.8 Å². The third-order valence-corrected chi connectivity index (χ3v) is 5.78. The molecule has 0 atom stereocenters. The Morgan fingerprint density at radius 1 is 1.30 bits per heavy atom. The van der Waals surface area contributed by atoms with E-state index in [1.807, 2.05) is 14.0 Å². The van der Waals surface area contributed by atoms with Gasteiger partial charge in [0.2, 0.25) is 10.0 Å². The van der Waals surface area contributed by atoms with Crippen molar-refractivity contribution in [3.63, 3.8) is 0 Å². The molecule has 2 rings (SSSR count). The summed E-state index contributed by atoms with van der Waals surface area (Å²) in [6.07, 6.45) is 3.33. The third kappa shape index (κ3) is 3.64. The summed E-state index contributed by atoms with van der Waals surface area (Å²) in [4.78, 5) is 0.266. The van der Waals surface area contributed by atoms with Crippen LogP contribution in [-0.4, -0.2) is 39.3 Å². The molecule has 23 heavy (non-hydrogen) atoms. The monoisotopic (exact) mass is 339 g/mol. The highest BCUT2D eigenvalue weighted by Gasteiger charge is 2.26. The van der Waals surface area contributed by atoms with Gasteiger partial charge in [0.25, 0.3) is 0 Å². The van der Waals surface area contributed by atoms with Crippen molar-refractivity contribution in [2.45, 2.75) is 45.7 Å². The fraction of sp³-hybridized carbons (Fsp3) is 0.600. The molecule has 0 saturated heterocycles. The molecule has 7 nitrogen and oxygen atoms in total. The quantitative estimate of drug-likeness (QED) is 0.803. The number of hydrogen-bond donors (Lipinski definition) is 0. The highest BCUT2D eigenvalue weighted by Crippen LogP contribution is 2.21. The first-order valence-corrected chi connectivity index (χ1v) is 9.04. The van der Waals surface area contributed by atoms with Crippen LogP contribution in [0.25, 0.3) is 0 Å². The lowest BCUT2D eigenvalue weighted by molar-refractivity contribution is 0.464. The summed E-state index contributed by atoms with van der Waals surface area (Å²) in [6, 6.07) is 0. The molecule has 0 N–H and O–H groups in total. The Balaban J connectivity index is 2.27. The predicted molar refractivity (Wildman–Crippen MR) is 88.4 cm³/mol. The van der Waals surface area contributed by atoms with Gasteiger partial charge in [-0.1, -0.05) is 13.8 Å². The molecular weight excluding hydrogens is 314 g/mol. The first-order valence-electron chi connectivity index (χ1n) is 7.60. The van der Waals surface area contributed by atoms with E-state index >= 15 is 0 Å². The molecule has 0 aliphatic rings. The number of rotatable bonds is 6. The molecule has 0 unspecified atom stereocenters. The van der Waals surface area contributed by atoms with Gasteiger partial charge >= 0.3 is 0 Å². The van der Waals surface area contributed by atoms with Gasteiger partial charge in [0.05, 0.1) is 11.9 Å². The van der Waals surface area contributed by atoms with E-state index < -0.39 is 10.0 Å². The smallest absolute Gasteiger partial charge is 0.246 e. The van der Waals surface area contributed by atoms with Crippen LogP contribution in [-0.2, 0) is 30.2 Å². The normalized spacial score (nSPS) is 12.5. The van der Waals surface area contributed by atoms with E-state index in [0.29, 0.717) is 18.2 Å². The fourth-order valence-electron chi connectivity index (χ4n) is 2.41. The van der Waals surface area contributed by atoms with Crippen LogP contribution in [0.15, 0.2) is 17.3 Å². The summed E-state index contributed by atoms with van der Waals surface area (Å²) in [6.45, 7) is 8.78. The van der Waals surface area contributed by atoms with Crippen molar-refractivity contribution in [3.8, 4) is 0 Å². The minimum absolute atomic E-state index is 0.266. The van der Waals surface area contributed by atoms with E-state index in [-0.39, 0.29) is 11.4 Å². The van der Waals surface area contributed by atoms with E-state index in [1.165, 1.54) is 4.31 Å². The molecular formula is C15H25N5O2S. The molecule has 0 amide bonds. The van der Waals surface area contributed by atoms with Crippen LogP contribution in [0, 0.1) is 19.8 Å². The summed E-state index contributed by atoms with van der Waals surface area (Å²) in [7, 11) is -0.152. The van der Waals surface area contributed by atoms with Crippen LogP contribution in [0.3, 0.4) is 0 Å². The van der Waals surface area contributed by atoms with Crippen molar-refractivity contribution < 1.29 is 8.42 Å². The molecule has 0 saturated carbocycles. The zero-order chi connectivity index (χ0) is 17.4. The van der Waals surface area contributed by atoms with Crippen molar-refractivity contribution in [2.75, 3.05) is 7.05 Å². The number of hydrogen-bond acceptors (Lipinski definition) is 4. The topological polar surface area (TPSA) is 73.0 Å². The van der Waals surface area contributed by atoms with Gasteiger partial charge in [-0.3, -0.25) is 9.36 Å². The summed E-state index contributed by atoms with van der Waals surface area (Å²) in [5.41, 5.74) is 2.38. The van der Waals surface area contributed by atoms with Gasteiger partial charge in [0.15, 0.2) is 0 Å². The van der Waals surface area contributed by atoms with Crippen molar-refractivity contribution in [2.24, 2.45) is 13.0 Å².